The Morgan fingerprint density at radius 1 is 1.07 bits per heavy atom. The zero-order valence-corrected chi connectivity index (χ0v) is 16.9. The molecule has 4 bridgehead atoms. The molecule has 8 nitrogen and oxygen atoms in total. The number of ether oxygens (including phenoxy) is 1. The number of hydrogen-bond acceptors (Lipinski definition) is 6. The normalized spacial score (nSPS) is 29.2. The molecule has 1 aromatic heterocycles. The van der Waals surface area contributed by atoms with Crippen LogP contribution in [0, 0.1) is 17.8 Å². The van der Waals surface area contributed by atoms with Gasteiger partial charge in [0.05, 0.1) is 4.88 Å². The molecule has 0 unspecified atom stereocenters. The molecule has 4 aliphatic rings. The average molecular weight is 420 g/mol. The van der Waals surface area contributed by atoms with Gasteiger partial charge in [-0.15, -0.1) is 11.3 Å². The summed E-state index contributed by atoms with van der Waals surface area (Å²) in [6, 6.07) is 2.84. The van der Waals surface area contributed by atoms with Gasteiger partial charge in [-0.25, -0.2) is 4.79 Å². The van der Waals surface area contributed by atoms with Crippen molar-refractivity contribution in [2.75, 3.05) is 13.2 Å². The Morgan fingerprint density at radius 3 is 2.31 bits per heavy atom. The maximum atomic E-state index is 12.3. The Kier molecular flexibility index (Phi) is 5.58. The number of thiophene rings is 1. The molecule has 0 aromatic carbocycles. The Balaban J connectivity index is 1.16. The minimum Gasteiger partial charge on any atom is -0.454 e. The van der Waals surface area contributed by atoms with Gasteiger partial charge in [0.2, 0.25) is 0 Å². The first-order valence-electron chi connectivity index (χ1n) is 10.0. The fourth-order valence-electron chi connectivity index (χ4n) is 5.54. The summed E-state index contributed by atoms with van der Waals surface area (Å²) in [6.45, 7) is -0.911. The zero-order chi connectivity index (χ0) is 20.4. The zero-order valence-electron chi connectivity index (χ0n) is 16.1. The predicted octanol–water partition coefficient (Wildman–Crippen LogP) is 1.82. The van der Waals surface area contributed by atoms with Crippen molar-refractivity contribution in [3.63, 3.8) is 0 Å². The Morgan fingerprint density at radius 2 is 1.72 bits per heavy atom. The largest absolute Gasteiger partial charge is 0.454 e. The van der Waals surface area contributed by atoms with Gasteiger partial charge < -0.3 is 15.4 Å². The molecule has 5 rings (SSSR count). The molecule has 4 saturated carbocycles. The highest BCUT2D eigenvalue weighted by molar-refractivity contribution is 7.12. The minimum atomic E-state index is -0.744. The molecule has 0 spiro atoms. The summed E-state index contributed by atoms with van der Waals surface area (Å²) in [6.07, 6.45) is 6.75. The van der Waals surface area contributed by atoms with Crippen molar-refractivity contribution in [2.24, 2.45) is 17.8 Å². The van der Waals surface area contributed by atoms with E-state index in [9.17, 15) is 19.2 Å². The van der Waals surface area contributed by atoms with Crippen molar-refractivity contribution in [3.05, 3.63) is 22.4 Å². The van der Waals surface area contributed by atoms with E-state index >= 15 is 0 Å². The second-order valence-corrected chi connectivity index (χ2v) is 9.47. The van der Waals surface area contributed by atoms with Gasteiger partial charge in [-0.3, -0.25) is 19.7 Å². The molecule has 0 radical (unpaired) electrons. The molecule has 3 N–H and O–H groups in total. The molecule has 1 heterocycles. The number of hydrogen-bond donors (Lipinski definition) is 3. The fraction of sp³-hybridized carbons (Fsp3) is 0.600. The summed E-state index contributed by atoms with van der Waals surface area (Å²) >= 11 is 1.26. The van der Waals surface area contributed by atoms with Gasteiger partial charge in [-0.2, -0.15) is 0 Å². The number of amides is 4. The van der Waals surface area contributed by atoms with Gasteiger partial charge in [0.15, 0.2) is 6.61 Å². The molecule has 156 valence electrons. The molecule has 4 fully saturated rings. The molecule has 1 aromatic rings. The van der Waals surface area contributed by atoms with E-state index in [0.29, 0.717) is 22.6 Å². The van der Waals surface area contributed by atoms with Crippen LogP contribution in [0.4, 0.5) is 4.79 Å². The highest BCUT2D eigenvalue weighted by Gasteiger charge is 2.51. The molecule has 4 amide bonds. The SMILES string of the molecule is O=C(COC(=O)CNC(=O)c1cccs1)NC(=O)NC12CC3CC(CC(C3)C1)C2. The van der Waals surface area contributed by atoms with Crippen molar-refractivity contribution in [1.82, 2.24) is 16.0 Å². The van der Waals surface area contributed by atoms with Crippen molar-refractivity contribution in [3.8, 4) is 0 Å². The predicted molar refractivity (Wildman–Crippen MR) is 105 cm³/mol. The van der Waals surface area contributed by atoms with Crippen LogP contribution in [-0.4, -0.2) is 42.5 Å². The van der Waals surface area contributed by atoms with E-state index < -0.39 is 24.5 Å². The average Bonchev–Trinajstić information content (AvgIpc) is 3.17. The van der Waals surface area contributed by atoms with Crippen LogP contribution in [0.5, 0.6) is 0 Å². The van der Waals surface area contributed by atoms with Crippen LogP contribution in [0.3, 0.4) is 0 Å². The standard InChI is InChI=1S/C20H25N3O5S/c24-16(11-28-17(25)10-21-18(26)15-2-1-3-29-15)22-19(27)23-20-7-12-4-13(8-20)6-14(5-12)9-20/h1-3,12-14H,4-11H2,(H,21,26)(H2,22,23,24,27). The molecule has 0 saturated heterocycles. The van der Waals surface area contributed by atoms with E-state index in [2.05, 4.69) is 16.0 Å². The fourth-order valence-corrected chi connectivity index (χ4v) is 6.18. The molecular weight excluding hydrogens is 394 g/mol. The number of rotatable bonds is 6. The number of carbonyl (C=O) groups excluding carboxylic acids is 4. The van der Waals surface area contributed by atoms with Gasteiger partial charge in [0.1, 0.15) is 6.54 Å². The van der Waals surface area contributed by atoms with E-state index in [1.54, 1.807) is 17.5 Å². The molecule has 4 aliphatic carbocycles. The number of nitrogens with one attached hydrogen (secondary N) is 3. The quantitative estimate of drug-likeness (QED) is 0.609. The summed E-state index contributed by atoms with van der Waals surface area (Å²) in [5.74, 6) is 0.237. The van der Waals surface area contributed by atoms with Crippen molar-refractivity contribution >= 4 is 35.2 Å². The van der Waals surface area contributed by atoms with Crippen LogP contribution < -0.4 is 16.0 Å². The maximum Gasteiger partial charge on any atom is 0.325 e. The van der Waals surface area contributed by atoms with E-state index in [1.807, 2.05) is 0 Å². The lowest BCUT2D eigenvalue weighted by atomic mass is 9.53. The van der Waals surface area contributed by atoms with Crippen LogP contribution in [0.15, 0.2) is 17.5 Å². The first kappa shape index (κ1) is 19.9. The van der Waals surface area contributed by atoms with Crippen LogP contribution in [-0.2, 0) is 14.3 Å². The summed E-state index contributed by atoms with van der Waals surface area (Å²) in [4.78, 5) is 48.2. The smallest absolute Gasteiger partial charge is 0.325 e. The van der Waals surface area contributed by atoms with Crippen molar-refractivity contribution in [2.45, 2.75) is 44.1 Å². The first-order chi connectivity index (χ1) is 13.9. The van der Waals surface area contributed by atoms with Gasteiger partial charge in [0, 0.05) is 5.54 Å². The van der Waals surface area contributed by atoms with E-state index in [0.717, 1.165) is 19.3 Å². The highest BCUT2D eigenvalue weighted by atomic mass is 32.1. The van der Waals surface area contributed by atoms with E-state index in [1.165, 1.54) is 30.6 Å². The second-order valence-electron chi connectivity index (χ2n) is 8.52. The summed E-state index contributed by atoms with van der Waals surface area (Å²) in [5, 5.41) is 9.45. The van der Waals surface area contributed by atoms with Gasteiger partial charge >= 0.3 is 12.0 Å². The molecule has 29 heavy (non-hydrogen) atoms. The van der Waals surface area contributed by atoms with E-state index in [4.69, 9.17) is 4.74 Å². The number of carbonyl (C=O) groups is 4. The monoisotopic (exact) mass is 419 g/mol. The first-order valence-corrected chi connectivity index (χ1v) is 10.9. The topological polar surface area (TPSA) is 114 Å². The third-order valence-electron chi connectivity index (χ3n) is 6.17. The number of imide groups is 1. The van der Waals surface area contributed by atoms with E-state index in [-0.39, 0.29) is 18.0 Å². The number of esters is 1. The molecule has 0 atom stereocenters. The van der Waals surface area contributed by atoms with Gasteiger partial charge in [-0.1, -0.05) is 6.07 Å². The molecular formula is C20H25N3O5S. The highest BCUT2D eigenvalue weighted by Crippen LogP contribution is 2.55. The van der Waals surface area contributed by atoms with Crippen molar-refractivity contribution in [1.29, 1.82) is 0 Å². The molecule has 0 aliphatic heterocycles. The van der Waals surface area contributed by atoms with Crippen LogP contribution in [0.2, 0.25) is 0 Å². The lowest BCUT2D eigenvalue weighted by Crippen LogP contribution is -2.62. The maximum absolute atomic E-state index is 12.3. The van der Waals surface area contributed by atoms with Crippen LogP contribution >= 0.6 is 11.3 Å². The van der Waals surface area contributed by atoms with Crippen LogP contribution in [0.25, 0.3) is 0 Å². The Labute approximate surface area is 172 Å². The Bertz CT molecular complexity index is 772. The molecule has 9 heteroatoms. The lowest BCUT2D eigenvalue weighted by Gasteiger charge is -2.56. The third-order valence-corrected chi connectivity index (χ3v) is 7.04. The minimum absolute atomic E-state index is 0.193. The summed E-state index contributed by atoms with van der Waals surface area (Å²) < 4.78 is 4.82. The number of urea groups is 1. The second kappa shape index (κ2) is 8.14. The summed E-state index contributed by atoms with van der Waals surface area (Å²) in [7, 11) is 0. The van der Waals surface area contributed by atoms with Gasteiger partial charge in [-0.05, 0) is 67.7 Å². The van der Waals surface area contributed by atoms with Crippen molar-refractivity contribution < 1.29 is 23.9 Å². The van der Waals surface area contributed by atoms with Gasteiger partial charge in [0.25, 0.3) is 11.8 Å². The Hall–Kier alpha value is -2.42. The van der Waals surface area contributed by atoms with Crippen LogP contribution in [0.1, 0.15) is 48.2 Å². The summed E-state index contributed by atoms with van der Waals surface area (Å²) in [5.41, 5.74) is -0.193. The lowest BCUT2D eigenvalue weighted by molar-refractivity contribution is -0.147. The third kappa shape index (κ3) is 4.77.